The fraction of sp³-hybridized carbons (Fsp3) is 0.292. The summed E-state index contributed by atoms with van der Waals surface area (Å²) >= 11 is 0. The zero-order valence-corrected chi connectivity index (χ0v) is 19.7. The number of fused-ring (bicyclic) bond motifs is 1. The number of benzene rings is 1. The second-order valence-corrected chi connectivity index (χ2v) is 8.12. The monoisotopic (exact) mass is 512 g/mol. The van der Waals surface area contributed by atoms with E-state index in [1.54, 1.807) is 18.2 Å². The van der Waals surface area contributed by atoms with E-state index in [1.165, 1.54) is 36.3 Å². The van der Waals surface area contributed by atoms with Gasteiger partial charge in [0.1, 0.15) is 18.9 Å². The van der Waals surface area contributed by atoms with Crippen LogP contribution in [-0.2, 0) is 28.8 Å². The highest BCUT2D eigenvalue weighted by molar-refractivity contribution is 6.42. The molecule has 2 atom stereocenters. The van der Waals surface area contributed by atoms with Crippen molar-refractivity contribution in [3.63, 3.8) is 0 Å². The lowest BCUT2D eigenvalue weighted by Crippen LogP contribution is -2.55. The van der Waals surface area contributed by atoms with Gasteiger partial charge in [0.25, 0.3) is 17.6 Å². The Hall–Kier alpha value is -4.81. The highest BCUT2D eigenvalue weighted by Gasteiger charge is 2.38. The predicted octanol–water partition coefficient (Wildman–Crippen LogP) is -0.105. The number of nitrogens with zero attached hydrogens (tertiary/aromatic N) is 2. The van der Waals surface area contributed by atoms with E-state index in [2.05, 4.69) is 10.6 Å². The fourth-order valence-electron chi connectivity index (χ4n) is 3.75. The summed E-state index contributed by atoms with van der Waals surface area (Å²) in [5.74, 6) is -5.61. The predicted molar refractivity (Wildman–Crippen MR) is 127 cm³/mol. The molecule has 0 aliphatic carbocycles. The first kappa shape index (κ1) is 26.8. The zero-order valence-electron chi connectivity index (χ0n) is 19.7. The van der Waals surface area contributed by atoms with Crippen LogP contribution in [0.4, 0.5) is 11.4 Å². The van der Waals surface area contributed by atoms with Gasteiger partial charge in [-0.25, -0.2) is 0 Å². The summed E-state index contributed by atoms with van der Waals surface area (Å²) in [6.45, 7) is 0.321. The largest absolute Gasteiger partial charge is 0.481 e. The third-order valence-electron chi connectivity index (χ3n) is 5.51. The van der Waals surface area contributed by atoms with E-state index in [4.69, 9.17) is 9.52 Å². The van der Waals surface area contributed by atoms with Gasteiger partial charge in [-0.2, -0.15) is 0 Å². The summed E-state index contributed by atoms with van der Waals surface area (Å²) in [6, 6.07) is 6.42. The van der Waals surface area contributed by atoms with Crippen molar-refractivity contribution in [2.45, 2.75) is 31.8 Å². The summed E-state index contributed by atoms with van der Waals surface area (Å²) in [5.41, 5.74) is 0.461. The number of ketones is 1. The maximum absolute atomic E-state index is 13.5. The Labute approximate surface area is 210 Å². The minimum atomic E-state index is -1.41. The molecule has 1 aliphatic heterocycles. The molecule has 0 spiro atoms. The standard InChI is InChI=1S/C24H24N4O9/c1-14(30)27-11-16(26-23(35)22(34)19-7-4-10-37-19)24(36)28(18-6-3-2-5-17(18)27)12-20(31)25-15(13-29)8-9-21(32)33/h2-7,10,13,15-16H,8-9,11-12H2,1H3,(H,25,31)(H,26,35)(H,32,33)/t15-,16-/m0/s1. The first-order chi connectivity index (χ1) is 17.6. The summed E-state index contributed by atoms with van der Waals surface area (Å²) < 4.78 is 4.93. The number of anilines is 2. The van der Waals surface area contributed by atoms with Crippen molar-refractivity contribution in [2.75, 3.05) is 22.9 Å². The molecule has 3 rings (SSSR count). The second kappa shape index (κ2) is 11.7. The summed E-state index contributed by atoms with van der Waals surface area (Å²) in [6.07, 6.45) is 1.08. The van der Waals surface area contributed by atoms with Crippen LogP contribution >= 0.6 is 0 Å². The van der Waals surface area contributed by atoms with Crippen LogP contribution in [0.1, 0.15) is 30.3 Å². The van der Waals surface area contributed by atoms with Crippen LogP contribution < -0.4 is 20.4 Å². The molecule has 1 aliphatic rings. The van der Waals surface area contributed by atoms with E-state index in [0.717, 1.165) is 4.90 Å². The minimum Gasteiger partial charge on any atom is -0.481 e. The van der Waals surface area contributed by atoms with Crippen molar-refractivity contribution in [1.29, 1.82) is 0 Å². The van der Waals surface area contributed by atoms with Crippen molar-refractivity contribution in [3.05, 3.63) is 48.4 Å². The summed E-state index contributed by atoms with van der Waals surface area (Å²) in [7, 11) is 0. The molecule has 1 aromatic carbocycles. The Bertz CT molecular complexity index is 1220. The Morgan fingerprint density at radius 2 is 1.84 bits per heavy atom. The quantitative estimate of drug-likeness (QED) is 0.222. The van der Waals surface area contributed by atoms with E-state index in [1.807, 2.05) is 0 Å². The number of furan rings is 1. The minimum absolute atomic E-state index is 0.152. The summed E-state index contributed by atoms with van der Waals surface area (Å²) in [4.78, 5) is 88.1. The first-order valence-corrected chi connectivity index (χ1v) is 11.2. The van der Waals surface area contributed by atoms with Crippen molar-refractivity contribution in [3.8, 4) is 0 Å². The van der Waals surface area contributed by atoms with Crippen molar-refractivity contribution in [2.24, 2.45) is 0 Å². The van der Waals surface area contributed by atoms with Gasteiger partial charge < -0.3 is 29.9 Å². The van der Waals surface area contributed by atoms with E-state index >= 15 is 0 Å². The molecule has 0 saturated heterocycles. The van der Waals surface area contributed by atoms with Crippen molar-refractivity contribution < 1.29 is 43.1 Å². The number of rotatable bonds is 10. The van der Waals surface area contributed by atoms with Gasteiger partial charge in [0.15, 0.2) is 5.76 Å². The number of hydrogen-bond donors (Lipinski definition) is 3. The third-order valence-corrected chi connectivity index (χ3v) is 5.51. The molecular weight excluding hydrogens is 488 g/mol. The van der Waals surface area contributed by atoms with Crippen molar-refractivity contribution in [1.82, 2.24) is 10.6 Å². The van der Waals surface area contributed by atoms with Gasteiger partial charge >= 0.3 is 5.97 Å². The molecular formula is C24H24N4O9. The Kier molecular flexibility index (Phi) is 8.51. The van der Waals surface area contributed by atoms with E-state index < -0.39 is 54.0 Å². The van der Waals surface area contributed by atoms with Crippen LogP contribution in [-0.4, -0.2) is 71.9 Å². The number of carbonyl (C=O) groups is 7. The number of Topliss-reactive ketones (excluding diaryl/α,β-unsaturated/α-hetero) is 1. The van der Waals surface area contributed by atoms with Gasteiger partial charge in [-0.15, -0.1) is 0 Å². The molecule has 0 unspecified atom stereocenters. The molecule has 2 aromatic rings. The van der Waals surface area contributed by atoms with Gasteiger partial charge in [0, 0.05) is 13.3 Å². The Morgan fingerprint density at radius 3 is 2.43 bits per heavy atom. The highest BCUT2D eigenvalue weighted by Crippen LogP contribution is 2.32. The van der Waals surface area contributed by atoms with Crippen LogP contribution in [0.25, 0.3) is 0 Å². The molecule has 0 saturated carbocycles. The molecule has 4 amide bonds. The topological polar surface area (TPSA) is 183 Å². The highest BCUT2D eigenvalue weighted by atomic mass is 16.4. The zero-order chi connectivity index (χ0) is 27.1. The number of aldehydes is 1. The number of aliphatic carboxylic acids is 1. The molecule has 13 nitrogen and oxygen atoms in total. The van der Waals surface area contributed by atoms with Crippen LogP contribution in [0.15, 0.2) is 47.1 Å². The van der Waals surface area contributed by atoms with Gasteiger partial charge in [0.2, 0.25) is 11.8 Å². The number of carboxylic acid groups (broad SMARTS) is 1. The van der Waals surface area contributed by atoms with Crippen LogP contribution in [0.5, 0.6) is 0 Å². The SMILES string of the molecule is CC(=O)N1C[C@H](NC(=O)C(=O)c2ccco2)C(=O)N(CC(=O)N[C@H](C=O)CCC(=O)O)c2ccccc21. The molecule has 194 valence electrons. The van der Waals surface area contributed by atoms with Crippen molar-refractivity contribution >= 4 is 53.0 Å². The number of hydrogen-bond acceptors (Lipinski definition) is 8. The second-order valence-electron chi connectivity index (χ2n) is 8.12. The maximum Gasteiger partial charge on any atom is 0.303 e. The number of carboxylic acids is 1. The first-order valence-electron chi connectivity index (χ1n) is 11.2. The molecule has 13 heteroatoms. The lowest BCUT2D eigenvalue weighted by molar-refractivity contribution is -0.137. The van der Waals surface area contributed by atoms with Crippen LogP contribution in [0.2, 0.25) is 0 Å². The molecule has 0 fully saturated rings. The number of amides is 4. The average molecular weight is 512 g/mol. The number of nitrogens with one attached hydrogen (secondary N) is 2. The number of para-hydroxylation sites is 2. The maximum atomic E-state index is 13.5. The lowest BCUT2D eigenvalue weighted by atomic mass is 10.1. The Morgan fingerprint density at radius 1 is 1.14 bits per heavy atom. The summed E-state index contributed by atoms with van der Waals surface area (Å²) in [5, 5.41) is 13.5. The normalized spacial score (nSPS) is 15.7. The van der Waals surface area contributed by atoms with E-state index in [9.17, 15) is 33.6 Å². The third kappa shape index (κ3) is 6.45. The van der Waals surface area contributed by atoms with Gasteiger partial charge in [-0.3, -0.25) is 33.7 Å². The molecule has 3 N–H and O–H groups in total. The van der Waals surface area contributed by atoms with Gasteiger partial charge in [-0.05, 0) is 30.7 Å². The lowest BCUT2D eigenvalue weighted by Gasteiger charge is -2.25. The number of carbonyl (C=O) groups excluding carboxylic acids is 6. The van der Waals surface area contributed by atoms with Crippen LogP contribution in [0.3, 0.4) is 0 Å². The molecule has 2 heterocycles. The molecule has 0 bridgehead atoms. The molecule has 0 radical (unpaired) electrons. The fourth-order valence-corrected chi connectivity index (χ4v) is 3.75. The molecule has 1 aromatic heterocycles. The Balaban J connectivity index is 1.89. The van der Waals surface area contributed by atoms with E-state index in [-0.39, 0.29) is 36.5 Å². The molecule has 37 heavy (non-hydrogen) atoms. The van der Waals surface area contributed by atoms with Gasteiger partial charge in [0.05, 0.1) is 30.2 Å². The smallest absolute Gasteiger partial charge is 0.303 e. The van der Waals surface area contributed by atoms with Crippen LogP contribution in [0, 0.1) is 0 Å². The average Bonchev–Trinajstić information content (AvgIpc) is 3.38. The van der Waals surface area contributed by atoms with Gasteiger partial charge in [-0.1, -0.05) is 12.1 Å². The van der Waals surface area contributed by atoms with E-state index in [0.29, 0.717) is 6.29 Å².